The van der Waals surface area contributed by atoms with Crippen molar-refractivity contribution in [3.8, 4) is 5.75 Å². The van der Waals surface area contributed by atoms with Crippen molar-refractivity contribution in [3.63, 3.8) is 0 Å². The summed E-state index contributed by atoms with van der Waals surface area (Å²) in [7, 11) is 2.94. The average molecular weight is 415 g/mol. The van der Waals surface area contributed by atoms with Crippen molar-refractivity contribution in [2.75, 3.05) is 37.6 Å². The maximum Gasteiger partial charge on any atom is 0.375 e. The Balaban J connectivity index is 0.000000188. The topological polar surface area (TPSA) is 119 Å². The van der Waals surface area contributed by atoms with E-state index in [0.717, 1.165) is 47.8 Å². The molecule has 3 heterocycles. The summed E-state index contributed by atoms with van der Waals surface area (Å²) in [5, 5.41) is 8.73. The van der Waals surface area contributed by atoms with Crippen LogP contribution in [0.2, 0.25) is 0 Å². The summed E-state index contributed by atoms with van der Waals surface area (Å²) < 4.78 is 9.89. The maximum absolute atomic E-state index is 10.9. The van der Waals surface area contributed by atoms with Crippen LogP contribution in [0.5, 0.6) is 5.75 Å². The lowest BCUT2D eigenvalue weighted by Crippen LogP contribution is -2.05. The molecule has 0 spiro atoms. The number of allylic oxidation sites excluding steroid dienone is 1. The number of H-pyrrole nitrogens is 1. The summed E-state index contributed by atoms with van der Waals surface area (Å²) >= 11 is 1.77. The van der Waals surface area contributed by atoms with Crippen molar-refractivity contribution in [2.24, 2.45) is 4.99 Å². The summed E-state index contributed by atoms with van der Waals surface area (Å²) in [5.41, 5.74) is 3.85. The normalized spacial score (nSPS) is 14.8. The Morgan fingerprint density at radius 1 is 1.41 bits per heavy atom. The van der Waals surface area contributed by atoms with Gasteiger partial charge in [0.15, 0.2) is 6.29 Å². The monoisotopic (exact) mass is 415 g/mol. The molecule has 0 bridgehead atoms. The van der Waals surface area contributed by atoms with Gasteiger partial charge in [0.2, 0.25) is 11.8 Å². The Labute approximate surface area is 172 Å². The van der Waals surface area contributed by atoms with E-state index in [0.29, 0.717) is 11.6 Å². The van der Waals surface area contributed by atoms with Crippen molar-refractivity contribution < 1.29 is 19.1 Å². The molecule has 0 fully saturated rings. The molecule has 0 amide bonds. The van der Waals surface area contributed by atoms with Crippen LogP contribution in [-0.2, 0) is 16.0 Å². The Kier molecular flexibility index (Phi) is 7.01. The number of nitrogens with one attached hydrogen (secondary N) is 2. The molecule has 0 saturated heterocycles. The van der Waals surface area contributed by atoms with Crippen molar-refractivity contribution >= 4 is 35.7 Å². The minimum Gasteiger partial charge on any atom is -0.493 e. The van der Waals surface area contributed by atoms with Crippen molar-refractivity contribution in [3.05, 3.63) is 46.9 Å². The summed E-state index contributed by atoms with van der Waals surface area (Å²) in [6.45, 7) is 0.763. The number of aromatic amines is 1. The third kappa shape index (κ3) is 5.23. The Bertz CT molecular complexity index is 954. The van der Waals surface area contributed by atoms with Crippen LogP contribution in [0.3, 0.4) is 0 Å². The average Bonchev–Trinajstić information content (AvgIpc) is 3.37. The van der Waals surface area contributed by atoms with Gasteiger partial charge < -0.3 is 14.8 Å². The first-order valence-electron chi connectivity index (χ1n) is 8.89. The molecule has 0 aliphatic carbocycles. The summed E-state index contributed by atoms with van der Waals surface area (Å²) in [6, 6.07) is 6.16. The molecule has 9 nitrogen and oxygen atoms in total. The summed E-state index contributed by atoms with van der Waals surface area (Å²) in [6.07, 6.45) is 3.66. The minimum absolute atomic E-state index is 0.0943. The van der Waals surface area contributed by atoms with E-state index in [9.17, 15) is 9.59 Å². The second-order valence-electron chi connectivity index (χ2n) is 5.99. The van der Waals surface area contributed by atoms with Crippen LogP contribution in [0.1, 0.15) is 21.7 Å². The number of fused-ring (bicyclic) bond motifs is 1. The second kappa shape index (κ2) is 9.87. The van der Waals surface area contributed by atoms with Crippen LogP contribution < -0.4 is 10.1 Å². The number of hydrogen-bond donors (Lipinski definition) is 2. The fourth-order valence-corrected chi connectivity index (χ4v) is 3.51. The molecule has 1 aromatic heterocycles. The highest BCUT2D eigenvalue weighted by molar-refractivity contribution is 8.00. The van der Waals surface area contributed by atoms with Gasteiger partial charge in [-0.3, -0.25) is 9.89 Å². The Morgan fingerprint density at radius 3 is 3.00 bits per heavy atom. The van der Waals surface area contributed by atoms with Crippen LogP contribution in [-0.4, -0.2) is 65.4 Å². The number of aldehydes is 1. The molecule has 1 aromatic carbocycles. The highest BCUT2D eigenvalue weighted by atomic mass is 32.2. The molecular weight excluding hydrogens is 394 g/mol. The zero-order valence-corrected chi connectivity index (χ0v) is 16.9. The lowest BCUT2D eigenvalue weighted by Gasteiger charge is -2.06. The molecule has 0 atom stereocenters. The highest BCUT2D eigenvalue weighted by Gasteiger charge is 2.15. The lowest BCUT2D eigenvalue weighted by molar-refractivity contribution is -0.104. The lowest BCUT2D eigenvalue weighted by atomic mass is 10.1. The standard InChI is InChI=1S/C14H13NO2S.C5H8N4O2/c16-8-12-4-6-18-9-13(15-12)10-1-2-14-11(7-10)3-5-17-14;1-6-5-7-3(8-9-5)4(10)11-2/h1-2,4,7-8H,3,5-6,9H2;1-2H3,(H2,6,7,8,9). The largest absolute Gasteiger partial charge is 0.493 e. The maximum atomic E-state index is 10.9. The van der Waals surface area contributed by atoms with Gasteiger partial charge in [-0.25, -0.2) is 9.79 Å². The van der Waals surface area contributed by atoms with E-state index in [4.69, 9.17) is 4.74 Å². The van der Waals surface area contributed by atoms with Crippen LogP contribution in [0.4, 0.5) is 5.95 Å². The molecule has 4 rings (SSSR count). The number of rotatable bonds is 4. The molecule has 0 unspecified atom stereocenters. The minimum atomic E-state index is -0.529. The van der Waals surface area contributed by atoms with Crippen LogP contribution in [0.15, 0.2) is 35.0 Å². The predicted octanol–water partition coefficient (Wildman–Crippen LogP) is 1.87. The van der Waals surface area contributed by atoms with Gasteiger partial charge >= 0.3 is 5.97 Å². The fraction of sp³-hybridized carbons (Fsp3) is 0.316. The van der Waals surface area contributed by atoms with Gasteiger partial charge in [-0.15, -0.1) is 5.10 Å². The zero-order chi connectivity index (χ0) is 20.6. The number of methoxy groups -OCH3 is 1. The number of carbonyl (C=O) groups is 2. The predicted molar refractivity (Wildman–Crippen MR) is 111 cm³/mol. The van der Waals surface area contributed by atoms with Crippen molar-refractivity contribution in [2.45, 2.75) is 6.42 Å². The smallest absolute Gasteiger partial charge is 0.375 e. The number of aliphatic imine (C=N–C) groups is 1. The number of carbonyl (C=O) groups excluding carboxylic acids is 2. The third-order valence-corrected chi connectivity index (χ3v) is 5.02. The number of esters is 1. The molecule has 2 aromatic rings. The summed E-state index contributed by atoms with van der Waals surface area (Å²) in [4.78, 5) is 29.8. The van der Waals surface area contributed by atoms with Gasteiger partial charge in [-0.05, 0) is 35.4 Å². The molecule has 29 heavy (non-hydrogen) atoms. The van der Waals surface area contributed by atoms with E-state index in [-0.39, 0.29) is 5.82 Å². The number of nitrogens with zero attached hydrogens (tertiary/aromatic N) is 3. The van der Waals surface area contributed by atoms with E-state index in [1.807, 2.05) is 18.2 Å². The van der Waals surface area contributed by atoms with Gasteiger partial charge in [0.05, 0.1) is 25.1 Å². The van der Waals surface area contributed by atoms with Crippen molar-refractivity contribution in [1.29, 1.82) is 0 Å². The molecule has 0 radical (unpaired) electrons. The molecule has 2 aliphatic rings. The molecule has 0 saturated carbocycles. The van der Waals surface area contributed by atoms with Crippen LogP contribution >= 0.6 is 11.8 Å². The number of anilines is 1. The first kappa shape index (κ1) is 20.6. The number of benzene rings is 1. The second-order valence-corrected chi connectivity index (χ2v) is 7.02. The number of thioether (sulfide) groups is 1. The first-order valence-corrected chi connectivity index (χ1v) is 10.0. The highest BCUT2D eigenvalue weighted by Crippen LogP contribution is 2.27. The van der Waals surface area contributed by atoms with Gasteiger partial charge in [0, 0.05) is 25.0 Å². The van der Waals surface area contributed by atoms with E-state index >= 15 is 0 Å². The van der Waals surface area contributed by atoms with E-state index in [1.54, 1.807) is 18.8 Å². The SMILES string of the molecule is CNc1n[nH]c(C(=O)OC)n1.O=CC1=CCSCC(c2ccc3c(c2)CCO3)=N1. The zero-order valence-electron chi connectivity index (χ0n) is 16.1. The fourth-order valence-electron chi connectivity index (χ4n) is 2.68. The quantitative estimate of drug-likeness (QED) is 0.574. The Morgan fingerprint density at radius 2 is 2.28 bits per heavy atom. The van der Waals surface area contributed by atoms with E-state index in [1.165, 1.54) is 12.7 Å². The van der Waals surface area contributed by atoms with Crippen LogP contribution in [0.25, 0.3) is 0 Å². The molecule has 2 aliphatic heterocycles. The van der Waals surface area contributed by atoms with E-state index in [2.05, 4.69) is 36.3 Å². The number of ether oxygens (including phenoxy) is 2. The van der Waals surface area contributed by atoms with Crippen LogP contribution in [0, 0.1) is 0 Å². The van der Waals surface area contributed by atoms with Gasteiger partial charge in [0.25, 0.3) is 0 Å². The molecule has 2 N–H and O–H groups in total. The first-order chi connectivity index (χ1) is 14.1. The van der Waals surface area contributed by atoms with Gasteiger partial charge in [-0.2, -0.15) is 16.7 Å². The van der Waals surface area contributed by atoms with E-state index < -0.39 is 5.97 Å². The molecule has 152 valence electrons. The number of hydrogen-bond acceptors (Lipinski definition) is 9. The molecule has 10 heteroatoms. The number of aromatic nitrogens is 3. The van der Waals surface area contributed by atoms with Crippen molar-refractivity contribution in [1.82, 2.24) is 15.2 Å². The summed E-state index contributed by atoms with van der Waals surface area (Å²) in [5.74, 6) is 2.59. The van der Waals surface area contributed by atoms with Gasteiger partial charge in [-0.1, -0.05) is 0 Å². The molecular formula is C19H21N5O4S. The third-order valence-electron chi connectivity index (χ3n) is 4.14. The van der Waals surface area contributed by atoms with Gasteiger partial charge in [0.1, 0.15) is 5.75 Å². The Hall–Kier alpha value is -3.14.